The molecule has 0 bridgehead atoms. The van der Waals surface area contributed by atoms with Gasteiger partial charge in [-0.05, 0) is 30.5 Å². The molecule has 1 saturated carbocycles. The zero-order chi connectivity index (χ0) is 13.7. The maximum Gasteiger partial charge on any atom is 0.224 e. The fourth-order valence-electron chi connectivity index (χ4n) is 1.79. The summed E-state index contributed by atoms with van der Waals surface area (Å²) in [5, 5.41) is 14.8. The molecule has 2 amide bonds. The van der Waals surface area contributed by atoms with Gasteiger partial charge in [0.1, 0.15) is 5.75 Å². The summed E-state index contributed by atoms with van der Waals surface area (Å²) in [5.41, 5.74) is 0.763. The number of phenols is 1. The monoisotopic (exact) mass is 262 g/mol. The average Bonchev–Trinajstić information content (AvgIpc) is 3.18. The molecule has 1 aliphatic rings. The van der Waals surface area contributed by atoms with E-state index in [9.17, 15) is 14.7 Å². The van der Waals surface area contributed by atoms with Gasteiger partial charge in [-0.1, -0.05) is 12.1 Å². The minimum Gasteiger partial charge on any atom is -0.508 e. The summed E-state index contributed by atoms with van der Waals surface area (Å²) in [4.78, 5) is 22.9. The third-order valence-electron chi connectivity index (χ3n) is 2.97. The summed E-state index contributed by atoms with van der Waals surface area (Å²) in [6, 6.07) is 6.62. The van der Waals surface area contributed by atoms with Gasteiger partial charge < -0.3 is 15.7 Å². The Morgan fingerprint density at radius 2 is 1.95 bits per heavy atom. The third-order valence-corrected chi connectivity index (χ3v) is 2.97. The van der Waals surface area contributed by atoms with E-state index in [0.717, 1.165) is 18.4 Å². The largest absolute Gasteiger partial charge is 0.508 e. The lowest BCUT2D eigenvalue weighted by Crippen LogP contribution is -2.35. The van der Waals surface area contributed by atoms with Gasteiger partial charge in [-0.3, -0.25) is 9.59 Å². The molecule has 1 fully saturated rings. The third kappa shape index (κ3) is 4.62. The number of carbonyl (C=O) groups is 2. The number of carbonyl (C=O) groups excluding carboxylic acids is 2. The number of phenolic OH excluding ortho intramolecular Hbond substituents is 1. The van der Waals surface area contributed by atoms with Crippen LogP contribution >= 0.6 is 0 Å². The van der Waals surface area contributed by atoms with Crippen molar-refractivity contribution < 1.29 is 14.7 Å². The number of hydrogen-bond donors (Lipinski definition) is 3. The van der Waals surface area contributed by atoms with Crippen molar-refractivity contribution in [2.75, 3.05) is 13.1 Å². The first-order valence-electron chi connectivity index (χ1n) is 6.47. The van der Waals surface area contributed by atoms with Gasteiger partial charge in [0.25, 0.3) is 0 Å². The van der Waals surface area contributed by atoms with E-state index in [4.69, 9.17) is 0 Å². The van der Waals surface area contributed by atoms with Gasteiger partial charge in [-0.25, -0.2) is 0 Å². The van der Waals surface area contributed by atoms with E-state index in [1.54, 1.807) is 24.3 Å². The first kappa shape index (κ1) is 13.4. The molecule has 2 rings (SSSR count). The topological polar surface area (TPSA) is 78.4 Å². The van der Waals surface area contributed by atoms with Gasteiger partial charge in [0.05, 0.1) is 6.42 Å². The fraction of sp³-hybridized carbons (Fsp3) is 0.429. The van der Waals surface area contributed by atoms with E-state index in [2.05, 4.69) is 10.6 Å². The van der Waals surface area contributed by atoms with Crippen LogP contribution in [0.1, 0.15) is 18.4 Å². The molecule has 19 heavy (non-hydrogen) atoms. The van der Waals surface area contributed by atoms with Gasteiger partial charge >= 0.3 is 0 Å². The molecule has 0 spiro atoms. The van der Waals surface area contributed by atoms with Crippen LogP contribution in [0.5, 0.6) is 5.75 Å². The lowest BCUT2D eigenvalue weighted by atomic mass is 10.1. The lowest BCUT2D eigenvalue weighted by molar-refractivity contribution is -0.123. The molecule has 0 heterocycles. The number of benzene rings is 1. The summed E-state index contributed by atoms with van der Waals surface area (Å²) >= 11 is 0. The molecule has 1 aromatic rings. The predicted octanol–water partition coefficient (Wildman–Crippen LogP) is 0.577. The van der Waals surface area contributed by atoms with Crippen molar-refractivity contribution in [3.63, 3.8) is 0 Å². The van der Waals surface area contributed by atoms with E-state index in [1.165, 1.54) is 0 Å². The van der Waals surface area contributed by atoms with E-state index < -0.39 is 0 Å². The van der Waals surface area contributed by atoms with E-state index >= 15 is 0 Å². The molecular formula is C14H18N2O3. The zero-order valence-corrected chi connectivity index (χ0v) is 10.7. The second kappa shape index (κ2) is 6.22. The van der Waals surface area contributed by atoms with Crippen molar-refractivity contribution in [1.29, 1.82) is 0 Å². The van der Waals surface area contributed by atoms with E-state index in [1.807, 2.05) is 0 Å². The van der Waals surface area contributed by atoms with Crippen LogP contribution < -0.4 is 10.6 Å². The SMILES string of the molecule is O=C(Cc1cccc(O)c1)NCCNC(=O)C1CC1. The van der Waals surface area contributed by atoms with Crippen LogP contribution in [0.2, 0.25) is 0 Å². The molecule has 0 atom stereocenters. The molecule has 1 aliphatic carbocycles. The van der Waals surface area contributed by atoms with Gasteiger partial charge in [-0.2, -0.15) is 0 Å². The van der Waals surface area contributed by atoms with Crippen molar-refractivity contribution in [1.82, 2.24) is 10.6 Å². The highest BCUT2D eigenvalue weighted by molar-refractivity contribution is 5.81. The molecule has 5 heteroatoms. The Hall–Kier alpha value is -2.04. The Morgan fingerprint density at radius 1 is 1.21 bits per heavy atom. The van der Waals surface area contributed by atoms with Gasteiger partial charge in [0, 0.05) is 19.0 Å². The minimum atomic E-state index is -0.119. The number of aromatic hydroxyl groups is 1. The standard InChI is InChI=1S/C14H18N2O3/c17-12-3-1-2-10(8-12)9-13(18)15-6-7-16-14(19)11-4-5-11/h1-3,8,11,17H,4-7,9H2,(H,15,18)(H,16,19). The molecular weight excluding hydrogens is 244 g/mol. The van der Waals surface area contributed by atoms with Crippen molar-refractivity contribution in [2.24, 2.45) is 5.92 Å². The van der Waals surface area contributed by atoms with Crippen LogP contribution in [0.3, 0.4) is 0 Å². The zero-order valence-electron chi connectivity index (χ0n) is 10.7. The van der Waals surface area contributed by atoms with E-state index in [-0.39, 0.29) is 29.9 Å². The first-order valence-corrected chi connectivity index (χ1v) is 6.47. The van der Waals surface area contributed by atoms with Gasteiger partial charge in [-0.15, -0.1) is 0 Å². The maximum atomic E-state index is 11.6. The number of hydrogen-bond acceptors (Lipinski definition) is 3. The average molecular weight is 262 g/mol. The van der Waals surface area contributed by atoms with Crippen LogP contribution in [0.4, 0.5) is 0 Å². The summed E-state index contributed by atoms with van der Waals surface area (Å²) in [5.74, 6) is 0.318. The molecule has 3 N–H and O–H groups in total. The molecule has 0 saturated heterocycles. The second-order valence-corrected chi connectivity index (χ2v) is 4.76. The Kier molecular flexibility index (Phi) is 4.39. The molecule has 0 unspecified atom stereocenters. The van der Waals surface area contributed by atoms with Gasteiger partial charge in [0.2, 0.25) is 11.8 Å². The number of amides is 2. The van der Waals surface area contributed by atoms with E-state index in [0.29, 0.717) is 13.1 Å². The predicted molar refractivity (Wildman–Crippen MR) is 70.6 cm³/mol. The molecule has 5 nitrogen and oxygen atoms in total. The molecule has 1 aromatic carbocycles. The maximum absolute atomic E-state index is 11.6. The minimum absolute atomic E-state index is 0.0854. The highest BCUT2D eigenvalue weighted by Crippen LogP contribution is 2.28. The van der Waals surface area contributed by atoms with Crippen LogP contribution in [0, 0.1) is 5.92 Å². The molecule has 0 aliphatic heterocycles. The highest BCUT2D eigenvalue weighted by Gasteiger charge is 2.28. The summed E-state index contributed by atoms with van der Waals surface area (Å²) in [6.45, 7) is 0.886. The Morgan fingerprint density at radius 3 is 2.63 bits per heavy atom. The van der Waals surface area contributed by atoms with Crippen LogP contribution in [-0.2, 0) is 16.0 Å². The molecule has 102 valence electrons. The molecule has 0 aromatic heterocycles. The van der Waals surface area contributed by atoms with Crippen LogP contribution in [-0.4, -0.2) is 30.0 Å². The Balaban J connectivity index is 1.62. The first-order chi connectivity index (χ1) is 9.15. The van der Waals surface area contributed by atoms with Crippen LogP contribution in [0.15, 0.2) is 24.3 Å². The molecule has 0 radical (unpaired) electrons. The number of rotatable bonds is 6. The number of nitrogens with one attached hydrogen (secondary N) is 2. The van der Waals surface area contributed by atoms with Crippen molar-refractivity contribution in [3.8, 4) is 5.75 Å². The second-order valence-electron chi connectivity index (χ2n) is 4.76. The Labute approximate surface area is 112 Å². The van der Waals surface area contributed by atoms with Crippen molar-refractivity contribution >= 4 is 11.8 Å². The fourth-order valence-corrected chi connectivity index (χ4v) is 1.79. The lowest BCUT2D eigenvalue weighted by Gasteiger charge is -2.07. The summed E-state index contributed by atoms with van der Waals surface area (Å²) in [6.07, 6.45) is 2.19. The van der Waals surface area contributed by atoms with Crippen molar-refractivity contribution in [2.45, 2.75) is 19.3 Å². The van der Waals surface area contributed by atoms with Crippen molar-refractivity contribution in [3.05, 3.63) is 29.8 Å². The van der Waals surface area contributed by atoms with Gasteiger partial charge in [0.15, 0.2) is 0 Å². The summed E-state index contributed by atoms with van der Waals surface area (Å²) in [7, 11) is 0. The summed E-state index contributed by atoms with van der Waals surface area (Å²) < 4.78 is 0. The Bertz CT molecular complexity index is 470. The quantitative estimate of drug-likeness (QED) is 0.656. The van der Waals surface area contributed by atoms with Crippen LogP contribution in [0.25, 0.3) is 0 Å². The smallest absolute Gasteiger partial charge is 0.224 e. The highest BCUT2D eigenvalue weighted by atomic mass is 16.3. The normalized spacial score (nSPS) is 13.9.